The Balaban J connectivity index is 1.56. The molecule has 29 heavy (non-hydrogen) atoms. The Kier molecular flexibility index (Phi) is 10.2. The fourth-order valence-electron chi connectivity index (χ4n) is 2.79. The van der Waals surface area contributed by atoms with Crippen LogP contribution < -0.4 is 10.6 Å². The van der Waals surface area contributed by atoms with Crippen molar-refractivity contribution in [2.24, 2.45) is 10.9 Å². The van der Waals surface area contributed by atoms with Crippen LogP contribution in [-0.2, 0) is 27.4 Å². The Hall–Kier alpha value is -1.84. The molecule has 1 fully saturated rings. The molecule has 1 saturated heterocycles. The predicted octanol–water partition coefficient (Wildman–Crippen LogP) is 2.87. The van der Waals surface area contributed by atoms with Gasteiger partial charge < -0.3 is 24.8 Å². The average Bonchev–Trinajstić information content (AvgIpc) is 3.20. The van der Waals surface area contributed by atoms with E-state index in [1.54, 1.807) is 19.2 Å². The fraction of sp³-hybridized carbons (Fsp3) is 0.650. The smallest absolute Gasteiger partial charge is 0.381 e. The van der Waals surface area contributed by atoms with Crippen LogP contribution in [0.3, 0.4) is 0 Å². The van der Waals surface area contributed by atoms with E-state index in [0.717, 1.165) is 44.8 Å². The molecule has 0 aliphatic carbocycles. The standard InChI is InChI=1S/C20H30F3N3O3/c1-24-19(25-8-2-9-27-13-18-7-10-28-14-18)26-11-16-3-5-17(6-4-16)12-29-15-20(21,22)23/h3-6,18H,2,7-15H2,1H3,(H2,24,25,26). The number of hydrogen-bond acceptors (Lipinski definition) is 4. The Morgan fingerprint density at radius 1 is 1.17 bits per heavy atom. The van der Waals surface area contributed by atoms with Crippen molar-refractivity contribution in [2.45, 2.75) is 32.2 Å². The molecular weight excluding hydrogens is 387 g/mol. The minimum Gasteiger partial charge on any atom is -0.381 e. The Labute approximate surface area is 169 Å². The molecular formula is C20H30F3N3O3. The second kappa shape index (κ2) is 12.7. The lowest BCUT2D eigenvalue weighted by molar-refractivity contribution is -0.176. The minimum atomic E-state index is -4.30. The summed E-state index contributed by atoms with van der Waals surface area (Å²) in [6.07, 6.45) is -2.35. The van der Waals surface area contributed by atoms with Crippen LogP contribution in [0.1, 0.15) is 24.0 Å². The van der Waals surface area contributed by atoms with E-state index in [4.69, 9.17) is 9.47 Å². The first-order chi connectivity index (χ1) is 14.0. The van der Waals surface area contributed by atoms with Gasteiger partial charge >= 0.3 is 6.18 Å². The lowest BCUT2D eigenvalue weighted by Crippen LogP contribution is -2.37. The van der Waals surface area contributed by atoms with Gasteiger partial charge in [0.2, 0.25) is 0 Å². The van der Waals surface area contributed by atoms with Gasteiger partial charge in [-0.2, -0.15) is 13.2 Å². The van der Waals surface area contributed by atoms with Crippen LogP contribution in [0.4, 0.5) is 13.2 Å². The third-order valence-electron chi connectivity index (χ3n) is 4.38. The number of aliphatic imine (C=N–C) groups is 1. The van der Waals surface area contributed by atoms with Crippen LogP contribution in [0.2, 0.25) is 0 Å². The summed E-state index contributed by atoms with van der Waals surface area (Å²) in [6, 6.07) is 7.23. The number of halogens is 3. The molecule has 0 amide bonds. The van der Waals surface area contributed by atoms with Crippen molar-refractivity contribution in [3.63, 3.8) is 0 Å². The first kappa shape index (κ1) is 23.4. The molecule has 6 nitrogen and oxygen atoms in total. The van der Waals surface area contributed by atoms with Crippen molar-refractivity contribution >= 4 is 5.96 Å². The van der Waals surface area contributed by atoms with Gasteiger partial charge in [-0.3, -0.25) is 4.99 Å². The molecule has 0 spiro atoms. The lowest BCUT2D eigenvalue weighted by Gasteiger charge is -2.13. The largest absolute Gasteiger partial charge is 0.411 e. The van der Waals surface area contributed by atoms with Gasteiger partial charge in [0.15, 0.2) is 5.96 Å². The van der Waals surface area contributed by atoms with Gasteiger partial charge in [-0.25, -0.2) is 0 Å². The topological polar surface area (TPSA) is 64.1 Å². The third kappa shape index (κ3) is 10.5. The maximum absolute atomic E-state index is 12.1. The predicted molar refractivity (Wildman–Crippen MR) is 105 cm³/mol. The number of alkyl halides is 3. The van der Waals surface area contributed by atoms with E-state index in [0.29, 0.717) is 30.6 Å². The Morgan fingerprint density at radius 2 is 1.93 bits per heavy atom. The van der Waals surface area contributed by atoms with Crippen LogP contribution in [0.5, 0.6) is 0 Å². The zero-order chi connectivity index (χ0) is 21.0. The monoisotopic (exact) mass is 417 g/mol. The number of guanidine groups is 1. The number of nitrogens with one attached hydrogen (secondary N) is 2. The second-order valence-corrected chi connectivity index (χ2v) is 6.94. The van der Waals surface area contributed by atoms with Crippen LogP contribution >= 0.6 is 0 Å². The van der Waals surface area contributed by atoms with Gasteiger partial charge in [-0.15, -0.1) is 0 Å². The quantitative estimate of drug-likeness (QED) is 0.329. The van der Waals surface area contributed by atoms with Crippen LogP contribution in [0.25, 0.3) is 0 Å². The molecule has 1 aliphatic heterocycles. The van der Waals surface area contributed by atoms with Gasteiger partial charge in [-0.05, 0) is 24.0 Å². The highest BCUT2D eigenvalue weighted by Gasteiger charge is 2.27. The van der Waals surface area contributed by atoms with Crippen LogP contribution in [0.15, 0.2) is 29.3 Å². The Morgan fingerprint density at radius 3 is 2.59 bits per heavy atom. The van der Waals surface area contributed by atoms with E-state index in [1.165, 1.54) is 0 Å². The highest BCUT2D eigenvalue weighted by atomic mass is 19.4. The van der Waals surface area contributed by atoms with Crippen molar-refractivity contribution in [3.8, 4) is 0 Å². The molecule has 1 unspecified atom stereocenters. The van der Waals surface area contributed by atoms with Crippen molar-refractivity contribution in [3.05, 3.63) is 35.4 Å². The maximum Gasteiger partial charge on any atom is 0.411 e. The summed E-state index contributed by atoms with van der Waals surface area (Å²) in [4.78, 5) is 4.18. The molecule has 0 bridgehead atoms. The summed E-state index contributed by atoms with van der Waals surface area (Å²) >= 11 is 0. The van der Waals surface area contributed by atoms with Gasteiger partial charge in [0, 0.05) is 39.3 Å². The molecule has 1 heterocycles. The average molecular weight is 417 g/mol. The van der Waals surface area contributed by atoms with Crippen LogP contribution in [-0.4, -0.2) is 58.8 Å². The molecule has 9 heteroatoms. The summed E-state index contributed by atoms with van der Waals surface area (Å²) in [5.74, 6) is 1.21. The van der Waals surface area contributed by atoms with Crippen LogP contribution in [0, 0.1) is 5.92 Å². The zero-order valence-corrected chi connectivity index (χ0v) is 16.8. The number of benzene rings is 1. The van der Waals surface area contributed by atoms with Gasteiger partial charge in [0.1, 0.15) is 6.61 Å². The van der Waals surface area contributed by atoms with Crippen molar-refractivity contribution in [2.75, 3.05) is 46.6 Å². The number of ether oxygens (including phenoxy) is 3. The summed E-state index contributed by atoms with van der Waals surface area (Å²) < 4.78 is 51.9. The molecule has 1 aromatic carbocycles. The molecule has 164 valence electrons. The molecule has 1 aliphatic rings. The van der Waals surface area contributed by atoms with E-state index >= 15 is 0 Å². The van der Waals surface area contributed by atoms with E-state index in [1.807, 2.05) is 12.1 Å². The first-order valence-electron chi connectivity index (χ1n) is 9.78. The van der Waals surface area contributed by atoms with Crippen molar-refractivity contribution in [1.82, 2.24) is 10.6 Å². The van der Waals surface area contributed by atoms with Gasteiger partial charge in [0.05, 0.1) is 19.8 Å². The molecule has 2 N–H and O–H groups in total. The van der Waals surface area contributed by atoms with Gasteiger partial charge in [0.25, 0.3) is 0 Å². The summed E-state index contributed by atoms with van der Waals surface area (Å²) in [5.41, 5.74) is 1.69. The minimum absolute atomic E-state index is 0.0632. The second-order valence-electron chi connectivity index (χ2n) is 6.94. The summed E-state index contributed by atoms with van der Waals surface area (Å²) in [5, 5.41) is 6.43. The Bertz CT molecular complexity index is 603. The third-order valence-corrected chi connectivity index (χ3v) is 4.38. The van der Waals surface area contributed by atoms with Gasteiger partial charge in [-0.1, -0.05) is 24.3 Å². The number of nitrogens with zero attached hydrogens (tertiary/aromatic N) is 1. The molecule has 1 aromatic rings. The van der Waals surface area contributed by atoms with E-state index < -0.39 is 12.8 Å². The highest BCUT2D eigenvalue weighted by Crippen LogP contribution is 2.16. The van der Waals surface area contributed by atoms with E-state index in [2.05, 4.69) is 20.4 Å². The molecule has 0 radical (unpaired) electrons. The van der Waals surface area contributed by atoms with E-state index in [-0.39, 0.29) is 6.61 Å². The summed E-state index contributed by atoms with van der Waals surface area (Å²) in [6.45, 7) is 3.09. The van der Waals surface area contributed by atoms with E-state index in [9.17, 15) is 13.2 Å². The zero-order valence-electron chi connectivity index (χ0n) is 16.8. The van der Waals surface area contributed by atoms with Crippen molar-refractivity contribution < 1.29 is 27.4 Å². The molecule has 0 saturated carbocycles. The number of hydrogen-bond donors (Lipinski definition) is 2. The maximum atomic E-state index is 12.1. The van der Waals surface area contributed by atoms with Crippen molar-refractivity contribution in [1.29, 1.82) is 0 Å². The SMILES string of the molecule is CN=C(NCCCOCC1CCOC1)NCc1ccc(COCC(F)(F)F)cc1. The fourth-order valence-corrected chi connectivity index (χ4v) is 2.79. The molecule has 0 aromatic heterocycles. The lowest BCUT2D eigenvalue weighted by atomic mass is 10.1. The first-order valence-corrected chi connectivity index (χ1v) is 9.78. The molecule has 2 rings (SSSR count). The number of rotatable bonds is 11. The highest BCUT2D eigenvalue weighted by molar-refractivity contribution is 5.79. The summed E-state index contributed by atoms with van der Waals surface area (Å²) in [7, 11) is 1.70. The normalized spacial score (nSPS) is 17.5. The molecule has 1 atom stereocenters.